The Morgan fingerprint density at radius 2 is 2.00 bits per heavy atom. The fourth-order valence-electron chi connectivity index (χ4n) is 2.47. The highest BCUT2D eigenvalue weighted by atomic mass is 127. The molecule has 2 N–H and O–H groups in total. The summed E-state index contributed by atoms with van der Waals surface area (Å²) in [5, 5.41) is 10.8. The van der Waals surface area contributed by atoms with Gasteiger partial charge in [-0.25, -0.2) is 4.39 Å². The van der Waals surface area contributed by atoms with Crippen LogP contribution in [0.25, 0.3) is 11.4 Å². The molecule has 0 saturated carbocycles. The van der Waals surface area contributed by atoms with Crippen molar-refractivity contribution in [2.75, 3.05) is 13.6 Å². The summed E-state index contributed by atoms with van der Waals surface area (Å²) in [6, 6.07) is 13.8. The molecule has 3 rings (SSSR count). The molecule has 0 aliphatic rings. The third-order valence-electron chi connectivity index (χ3n) is 3.78. The number of nitrogens with one attached hydrogen (secondary N) is 2. The number of aromatic nitrogens is 2. The maximum atomic E-state index is 13.2. The topological polar surface area (TPSA) is 75.3 Å². The van der Waals surface area contributed by atoms with Crippen molar-refractivity contribution in [3.8, 4) is 11.4 Å². The van der Waals surface area contributed by atoms with Gasteiger partial charge in [0, 0.05) is 24.2 Å². The predicted octanol–water partition coefficient (Wildman–Crippen LogP) is 4.05. The molecule has 3 aromatic rings. The Hall–Kier alpha value is -2.20. The van der Waals surface area contributed by atoms with Crippen molar-refractivity contribution in [3.63, 3.8) is 0 Å². The van der Waals surface area contributed by atoms with E-state index in [-0.39, 0.29) is 29.8 Å². The number of guanidine groups is 1. The second-order valence-corrected chi connectivity index (χ2v) is 6.19. The first kappa shape index (κ1) is 22.1. The molecule has 0 spiro atoms. The van der Waals surface area contributed by atoms with Gasteiger partial charge in [0.2, 0.25) is 11.7 Å². The average Bonchev–Trinajstić information content (AvgIpc) is 3.14. The van der Waals surface area contributed by atoms with E-state index in [9.17, 15) is 4.39 Å². The summed E-state index contributed by atoms with van der Waals surface area (Å²) in [6.45, 7) is 0.938. The second kappa shape index (κ2) is 11.0. The van der Waals surface area contributed by atoms with Gasteiger partial charge < -0.3 is 15.2 Å². The molecule has 0 aliphatic heterocycles. The van der Waals surface area contributed by atoms with Crippen LogP contribution < -0.4 is 10.6 Å². The summed E-state index contributed by atoms with van der Waals surface area (Å²) in [6.07, 6.45) is 0.679. The summed E-state index contributed by atoms with van der Waals surface area (Å²) in [7, 11) is 1.67. The number of halogens is 3. The first-order chi connectivity index (χ1) is 13.1. The van der Waals surface area contributed by atoms with Crippen molar-refractivity contribution in [2.24, 2.45) is 4.99 Å². The van der Waals surface area contributed by atoms with Gasteiger partial charge in [-0.3, -0.25) is 4.99 Å². The minimum atomic E-state index is -0.234. The minimum absolute atomic E-state index is 0. The number of aliphatic imine (C=N–C) groups is 1. The quantitative estimate of drug-likeness (QED) is 0.294. The van der Waals surface area contributed by atoms with E-state index in [1.165, 1.54) is 12.1 Å². The van der Waals surface area contributed by atoms with Crippen LogP contribution in [0.15, 0.2) is 58.0 Å². The molecular formula is C19H20ClFIN5O. The zero-order chi connectivity index (χ0) is 19.1. The smallest absolute Gasteiger partial charge is 0.246 e. The van der Waals surface area contributed by atoms with Crippen molar-refractivity contribution in [3.05, 3.63) is 70.8 Å². The van der Waals surface area contributed by atoms with Gasteiger partial charge in [-0.1, -0.05) is 41.0 Å². The Kier molecular flexibility index (Phi) is 8.65. The summed E-state index contributed by atoms with van der Waals surface area (Å²) >= 11 is 5.98. The van der Waals surface area contributed by atoms with Crippen molar-refractivity contribution < 1.29 is 8.91 Å². The fourth-order valence-corrected chi connectivity index (χ4v) is 2.66. The lowest BCUT2D eigenvalue weighted by molar-refractivity contribution is 0.375. The van der Waals surface area contributed by atoms with Crippen molar-refractivity contribution in [1.82, 2.24) is 20.8 Å². The normalized spacial score (nSPS) is 11.0. The number of nitrogens with zero attached hydrogens (tertiary/aromatic N) is 3. The van der Waals surface area contributed by atoms with Crippen LogP contribution >= 0.6 is 35.6 Å². The largest absolute Gasteiger partial charge is 0.356 e. The van der Waals surface area contributed by atoms with Crippen LogP contribution in [0.4, 0.5) is 4.39 Å². The number of hydrogen-bond acceptors (Lipinski definition) is 4. The van der Waals surface area contributed by atoms with E-state index in [0.717, 1.165) is 11.1 Å². The standard InChI is InChI=1S/C19H19ClFN5O.HI/c1-22-19(23-9-8-13-4-2-7-16(21)10-13)24-12-17-25-18(26-27-17)14-5-3-6-15(20)11-14;/h2-7,10-11H,8-9,12H2,1H3,(H2,22,23,24);1H. The number of rotatable bonds is 6. The van der Waals surface area contributed by atoms with E-state index in [1.807, 2.05) is 18.2 Å². The van der Waals surface area contributed by atoms with Gasteiger partial charge in [0.05, 0.1) is 6.54 Å². The zero-order valence-electron chi connectivity index (χ0n) is 15.2. The van der Waals surface area contributed by atoms with Gasteiger partial charge in [0.25, 0.3) is 0 Å². The van der Waals surface area contributed by atoms with Gasteiger partial charge in [-0.05, 0) is 36.2 Å². The van der Waals surface area contributed by atoms with E-state index in [2.05, 4.69) is 25.8 Å². The van der Waals surface area contributed by atoms with Crippen LogP contribution in [0.3, 0.4) is 0 Å². The van der Waals surface area contributed by atoms with E-state index < -0.39 is 0 Å². The summed E-state index contributed by atoms with van der Waals surface area (Å²) in [4.78, 5) is 8.48. The Morgan fingerprint density at radius 1 is 1.18 bits per heavy atom. The molecule has 0 aliphatic carbocycles. The first-order valence-electron chi connectivity index (χ1n) is 8.41. The maximum absolute atomic E-state index is 13.2. The highest BCUT2D eigenvalue weighted by Gasteiger charge is 2.09. The maximum Gasteiger partial charge on any atom is 0.246 e. The molecule has 0 radical (unpaired) electrons. The van der Waals surface area contributed by atoms with E-state index in [1.54, 1.807) is 25.2 Å². The van der Waals surface area contributed by atoms with Crippen LogP contribution in [0.1, 0.15) is 11.5 Å². The molecule has 9 heteroatoms. The lowest BCUT2D eigenvalue weighted by Crippen LogP contribution is -2.37. The van der Waals surface area contributed by atoms with Crippen LogP contribution in [0.5, 0.6) is 0 Å². The highest BCUT2D eigenvalue weighted by Crippen LogP contribution is 2.19. The predicted molar refractivity (Wildman–Crippen MR) is 118 cm³/mol. The minimum Gasteiger partial charge on any atom is -0.356 e. The second-order valence-electron chi connectivity index (χ2n) is 5.75. The van der Waals surface area contributed by atoms with Crippen molar-refractivity contribution >= 4 is 41.5 Å². The van der Waals surface area contributed by atoms with Crippen LogP contribution in [0.2, 0.25) is 5.02 Å². The lowest BCUT2D eigenvalue weighted by Gasteiger charge is -2.10. The molecule has 1 heterocycles. The van der Waals surface area contributed by atoms with Crippen LogP contribution in [-0.2, 0) is 13.0 Å². The summed E-state index contributed by atoms with van der Waals surface area (Å²) in [5.41, 5.74) is 1.70. The molecule has 0 unspecified atom stereocenters. The molecular weight excluding hydrogens is 496 g/mol. The van der Waals surface area contributed by atoms with E-state index >= 15 is 0 Å². The Balaban J connectivity index is 0.00000280. The summed E-state index contributed by atoms with van der Waals surface area (Å²) < 4.78 is 18.4. The van der Waals surface area contributed by atoms with Crippen molar-refractivity contribution in [2.45, 2.75) is 13.0 Å². The van der Waals surface area contributed by atoms with E-state index in [4.69, 9.17) is 16.1 Å². The van der Waals surface area contributed by atoms with Gasteiger partial charge in [-0.15, -0.1) is 24.0 Å². The van der Waals surface area contributed by atoms with E-state index in [0.29, 0.717) is 42.2 Å². The van der Waals surface area contributed by atoms with Gasteiger partial charge >= 0.3 is 0 Å². The Labute approximate surface area is 184 Å². The Morgan fingerprint density at radius 3 is 2.75 bits per heavy atom. The van der Waals surface area contributed by atoms with Gasteiger partial charge in [0.15, 0.2) is 5.96 Å². The van der Waals surface area contributed by atoms with Gasteiger partial charge in [0.1, 0.15) is 5.82 Å². The lowest BCUT2D eigenvalue weighted by atomic mass is 10.1. The number of hydrogen-bond donors (Lipinski definition) is 2. The molecule has 0 atom stereocenters. The molecule has 0 fully saturated rings. The molecule has 148 valence electrons. The molecule has 1 aromatic heterocycles. The third kappa shape index (κ3) is 6.45. The molecule has 0 amide bonds. The van der Waals surface area contributed by atoms with Crippen LogP contribution in [0, 0.1) is 5.82 Å². The molecule has 2 aromatic carbocycles. The van der Waals surface area contributed by atoms with Crippen molar-refractivity contribution in [1.29, 1.82) is 0 Å². The van der Waals surface area contributed by atoms with Gasteiger partial charge in [-0.2, -0.15) is 4.98 Å². The molecule has 0 bridgehead atoms. The average molecular weight is 516 g/mol. The Bertz CT molecular complexity index is 934. The third-order valence-corrected chi connectivity index (χ3v) is 4.01. The molecule has 6 nitrogen and oxygen atoms in total. The SMILES string of the molecule is CN=C(NCCc1cccc(F)c1)NCc1nc(-c2cccc(Cl)c2)no1.I. The zero-order valence-corrected chi connectivity index (χ0v) is 18.2. The first-order valence-corrected chi connectivity index (χ1v) is 8.79. The molecule has 28 heavy (non-hydrogen) atoms. The highest BCUT2D eigenvalue weighted by molar-refractivity contribution is 14.0. The number of benzene rings is 2. The monoisotopic (exact) mass is 515 g/mol. The molecule has 0 saturated heterocycles. The fraction of sp³-hybridized carbons (Fsp3) is 0.211. The summed E-state index contributed by atoms with van der Waals surface area (Å²) in [5.74, 6) is 1.26. The van der Waals surface area contributed by atoms with Crippen LogP contribution in [-0.4, -0.2) is 29.7 Å².